The minimum Gasteiger partial charge on any atom is -0.333 e. The number of alkyl halides is 1. The Labute approximate surface area is 119 Å². The summed E-state index contributed by atoms with van der Waals surface area (Å²) in [6.45, 7) is 7.18. The van der Waals surface area contributed by atoms with Crippen molar-refractivity contribution in [2.75, 3.05) is 39.2 Å². The number of rotatable bonds is 10. The summed E-state index contributed by atoms with van der Waals surface area (Å²) in [5.41, 5.74) is 0. The van der Waals surface area contributed by atoms with Gasteiger partial charge in [0.25, 0.3) is 5.91 Å². The van der Waals surface area contributed by atoms with Crippen LogP contribution in [0.1, 0.15) is 0 Å². The van der Waals surface area contributed by atoms with Crippen molar-refractivity contribution < 1.29 is 17.4 Å². The van der Waals surface area contributed by atoms with Crippen LogP contribution in [0.25, 0.3) is 0 Å². The molecule has 0 fully saturated rings. The molecule has 0 aromatic heterocycles. The van der Waals surface area contributed by atoms with Gasteiger partial charge in [-0.2, -0.15) is 12.7 Å². The molecular formula is C11H19ClN2O4S. The van der Waals surface area contributed by atoms with Crippen molar-refractivity contribution in [2.45, 2.75) is 0 Å². The predicted molar refractivity (Wildman–Crippen MR) is 75.2 cm³/mol. The quantitative estimate of drug-likeness (QED) is 0.438. The van der Waals surface area contributed by atoms with E-state index in [2.05, 4.69) is 17.3 Å². The van der Waals surface area contributed by atoms with Gasteiger partial charge in [-0.05, 0) is 0 Å². The molecule has 0 radical (unpaired) electrons. The van der Waals surface area contributed by atoms with E-state index in [1.165, 1.54) is 24.1 Å². The first-order valence-corrected chi connectivity index (χ1v) is 7.45. The van der Waals surface area contributed by atoms with Crippen LogP contribution in [0.15, 0.2) is 25.3 Å². The Morgan fingerprint density at radius 2 is 1.84 bits per heavy atom. The fourth-order valence-corrected chi connectivity index (χ4v) is 2.23. The lowest BCUT2D eigenvalue weighted by molar-refractivity contribution is -0.132. The summed E-state index contributed by atoms with van der Waals surface area (Å²) in [5, 5.41) is 0. The molecule has 0 spiro atoms. The van der Waals surface area contributed by atoms with Gasteiger partial charge in [0.1, 0.15) is 6.61 Å². The summed E-state index contributed by atoms with van der Waals surface area (Å²) >= 11 is 5.44. The second-order valence-corrected chi connectivity index (χ2v) is 5.70. The molecule has 6 nitrogen and oxygen atoms in total. The lowest BCUT2D eigenvalue weighted by Crippen LogP contribution is -2.37. The van der Waals surface area contributed by atoms with Crippen molar-refractivity contribution in [3.63, 3.8) is 0 Å². The van der Waals surface area contributed by atoms with Crippen molar-refractivity contribution in [3.05, 3.63) is 25.3 Å². The summed E-state index contributed by atoms with van der Waals surface area (Å²) in [6.07, 6.45) is 3.07. The minimum absolute atomic E-state index is 0.112. The number of halogens is 1. The lowest BCUT2D eigenvalue weighted by atomic mass is 10.4. The van der Waals surface area contributed by atoms with E-state index < -0.39 is 22.8 Å². The van der Waals surface area contributed by atoms with Gasteiger partial charge in [0, 0.05) is 32.6 Å². The lowest BCUT2D eigenvalue weighted by Gasteiger charge is -2.20. The molecule has 0 rings (SSSR count). The summed E-state index contributed by atoms with van der Waals surface area (Å²) in [4.78, 5) is 13.1. The Hall–Kier alpha value is -0.890. The Morgan fingerprint density at radius 3 is 2.26 bits per heavy atom. The van der Waals surface area contributed by atoms with Crippen LogP contribution < -0.4 is 0 Å². The van der Waals surface area contributed by atoms with E-state index in [-0.39, 0.29) is 12.4 Å². The highest BCUT2D eigenvalue weighted by atomic mass is 35.5. The number of carbonyl (C=O) groups excluding carboxylic acids is 1. The van der Waals surface area contributed by atoms with E-state index >= 15 is 0 Å². The molecule has 0 aliphatic carbocycles. The van der Waals surface area contributed by atoms with E-state index in [0.29, 0.717) is 13.1 Å². The zero-order valence-electron chi connectivity index (χ0n) is 10.9. The number of amides is 1. The largest absolute Gasteiger partial charge is 0.338 e. The third-order valence-corrected chi connectivity index (χ3v) is 3.69. The number of nitrogens with zero attached hydrogens (tertiary/aromatic N) is 2. The summed E-state index contributed by atoms with van der Waals surface area (Å²) in [5.74, 6) is -0.311. The van der Waals surface area contributed by atoms with E-state index in [4.69, 9.17) is 11.6 Å². The average Bonchev–Trinajstić information content (AvgIpc) is 2.36. The highest BCUT2D eigenvalue weighted by Gasteiger charge is 2.21. The molecule has 0 atom stereocenters. The summed E-state index contributed by atoms with van der Waals surface area (Å²) in [7, 11) is -2.60. The van der Waals surface area contributed by atoms with E-state index in [1.54, 1.807) is 0 Å². The Kier molecular flexibility index (Phi) is 8.66. The SMILES string of the molecule is C=CCN(CC=C)C(=O)COS(=O)(=O)N(C)CCCl. The second kappa shape index (κ2) is 9.08. The highest BCUT2D eigenvalue weighted by molar-refractivity contribution is 7.84. The van der Waals surface area contributed by atoms with Gasteiger partial charge in [0.05, 0.1) is 0 Å². The predicted octanol–water partition coefficient (Wildman–Crippen LogP) is 0.619. The Morgan fingerprint density at radius 1 is 1.32 bits per heavy atom. The van der Waals surface area contributed by atoms with E-state index in [9.17, 15) is 13.2 Å². The molecular weight excluding hydrogens is 292 g/mol. The van der Waals surface area contributed by atoms with Crippen LogP contribution in [0, 0.1) is 0 Å². The fourth-order valence-electron chi connectivity index (χ4n) is 1.13. The first kappa shape index (κ1) is 18.1. The van der Waals surface area contributed by atoms with Crippen LogP contribution in [-0.2, 0) is 19.3 Å². The Balaban J connectivity index is 4.48. The molecule has 0 aliphatic rings. The first-order chi connectivity index (χ1) is 8.88. The first-order valence-electron chi connectivity index (χ1n) is 5.55. The molecule has 0 aromatic carbocycles. The molecule has 0 aromatic rings. The summed E-state index contributed by atoms with van der Waals surface area (Å²) < 4.78 is 28.8. The third kappa shape index (κ3) is 6.72. The van der Waals surface area contributed by atoms with Gasteiger partial charge in [0.2, 0.25) is 0 Å². The molecule has 0 heterocycles. The fraction of sp³-hybridized carbons (Fsp3) is 0.545. The molecule has 0 bridgehead atoms. The van der Waals surface area contributed by atoms with Crippen molar-refractivity contribution in [3.8, 4) is 0 Å². The van der Waals surface area contributed by atoms with Gasteiger partial charge < -0.3 is 4.90 Å². The number of carbonyl (C=O) groups is 1. The maximum absolute atomic E-state index is 11.7. The highest BCUT2D eigenvalue weighted by Crippen LogP contribution is 2.02. The van der Waals surface area contributed by atoms with E-state index in [0.717, 1.165) is 4.31 Å². The van der Waals surface area contributed by atoms with Crippen molar-refractivity contribution in [2.24, 2.45) is 0 Å². The number of hydrogen-bond donors (Lipinski definition) is 0. The van der Waals surface area contributed by atoms with Gasteiger partial charge in [-0.1, -0.05) is 12.2 Å². The van der Waals surface area contributed by atoms with Gasteiger partial charge in [0.15, 0.2) is 0 Å². The zero-order valence-corrected chi connectivity index (χ0v) is 12.5. The topological polar surface area (TPSA) is 66.9 Å². The van der Waals surface area contributed by atoms with Crippen LogP contribution >= 0.6 is 11.6 Å². The molecule has 19 heavy (non-hydrogen) atoms. The molecule has 110 valence electrons. The smallest absolute Gasteiger partial charge is 0.333 e. The third-order valence-electron chi connectivity index (χ3n) is 2.16. The van der Waals surface area contributed by atoms with Crippen LogP contribution in [-0.4, -0.2) is 62.7 Å². The zero-order chi connectivity index (χ0) is 14.9. The number of hydrogen-bond acceptors (Lipinski definition) is 4. The molecule has 1 amide bonds. The van der Waals surface area contributed by atoms with Gasteiger partial charge in [-0.25, -0.2) is 4.18 Å². The van der Waals surface area contributed by atoms with E-state index in [1.807, 2.05) is 0 Å². The van der Waals surface area contributed by atoms with Gasteiger partial charge >= 0.3 is 10.3 Å². The van der Waals surface area contributed by atoms with Crippen LogP contribution in [0.2, 0.25) is 0 Å². The second-order valence-electron chi connectivity index (χ2n) is 3.61. The van der Waals surface area contributed by atoms with Gasteiger partial charge in [-0.3, -0.25) is 4.79 Å². The van der Waals surface area contributed by atoms with Crippen molar-refractivity contribution >= 4 is 27.8 Å². The summed E-state index contributed by atoms with van der Waals surface area (Å²) in [6, 6.07) is 0. The van der Waals surface area contributed by atoms with Gasteiger partial charge in [-0.15, -0.1) is 24.8 Å². The molecule has 0 aliphatic heterocycles. The van der Waals surface area contributed by atoms with Crippen molar-refractivity contribution in [1.82, 2.24) is 9.21 Å². The normalized spacial score (nSPS) is 11.3. The average molecular weight is 311 g/mol. The maximum Gasteiger partial charge on any atom is 0.338 e. The Bertz CT molecular complexity index is 401. The standard InChI is InChI=1S/C11H19ClN2O4S/c1-4-7-14(8-5-2)11(15)10-18-19(16,17)13(3)9-6-12/h4-5H,1-2,6-10H2,3H3. The molecule has 0 saturated carbocycles. The van der Waals surface area contributed by atoms with Crippen molar-refractivity contribution in [1.29, 1.82) is 0 Å². The minimum atomic E-state index is -3.93. The molecule has 0 saturated heterocycles. The monoisotopic (exact) mass is 310 g/mol. The van der Waals surface area contributed by atoms with Crippen LogP contribution in [0.4, 0.5) is 0 Å². The molecule has 0 N–H and O–H groups in total. The maximum atomic E-state index is 11.7. The van der Waals surface area contributed by atoms with Crippen LogP contribution in [0.3, 0.4) is 0 Å². The molecule has 8 heteroatoms. The molecule has 0 unspecified atom stereocenters. The van der Waals surface area contributed by atoms with Crippen LogP contribution in [0.5, 0.6) is 0 Å².